The number of halogens is 12. The third-order valence-corrected chi connectivity index (χ3v) is 6.36. The Hall–Kier alpha value is -2.90. The molecule has 2 aromatic rings. The highest BCUT2D eigenvalue weighted by Crippen LogP contribution is 2.41. The standard InChI is InChI=1S/C24H16Cl3F9N2O2/c1-10-7-12(4-6-15(22(28,29)30)13-8-16(25)18(27)17(26)9-13)3-5-14(10)20(40)37-11(2)19(39)38-21(23(31,32)33)24(34,35)36/h3-9,15,21H,2H2,1H3,(H,37,40)(H,38,39). The van der Waals surface area contributed by atoms with Crippen LogP contribution in [-0.4, -0.2) is 36.4 Å². The van der Waals surface area contributed by atoms with Crippen LogP contribution < -0.4 is 10.6 Å². The molecule has 218 valence electrons. The number of carbonyl (C=O) groups excluding carboxylic acids is 2. The van der Waals surface area contributed by atoms with Crippen LogP contribution in [0.15, 0.2) is 48.7 Å². The van der Waals surface area contributed by atoms with Gasteiger partial charge in [-0.05, 0) is 41.8 Å². The molecule has 2 rings (SSSR count). The molecule has 0 aliphatic heterocycles. The van der Waals surface area contributed by atoms with Crippen LogP contribution in [0.3, 0.4) is 0 Å². The van der Waals surface area contributed by atoms with Crippen LogP contribution in [0.2, 0.25) is 15.1 Å². The molecular weight excluding hydrogens is 626 g/mol. The van der Waals surface area contributed by atoms with Gasteiger partial charge in [0.2, 0.25) is 6.04 Å². The van der Waals surface area contributed by atoms with Gasteiger partial charge in [0.05, 0.1) is 26.7 Å². The van der Waals surface area contributed by atoms with Crippen molar-refractivity contribution in [1.82, 2.24) is 10.6 Å². The first-order valence-corrected chi connectivity index (χ1v) is 11.7. The predicted molar refractivity (Wildman–Crippen MR) is 131 cm³/mol. The molecule has 40 heavy (non-hydrogen) atoms. The maximum absolute atomic E-state index is 13.7. The zero-order valence-corrected chi connectivity index (χ0v) is 22.0. The van der Waals surface area contributed by atoms with E-state index in [0.29, 0.717) is 5.32 Å². The molecule has 0 saturated carbocycles. The highest BCUT2D eigenvalue weighted by molar-refractivity contribution is 6.48. The van der Waals surface area contributed by atoms with E-state index in [0.717, 1.165) is 30.4 Å². The van der Waals surface area contributed by atoms with E-state index < -0.39 is 48.0 Å². The zero-order valence-electron chi connectivity index (χ0n) is 19.8. The highest BCUT2D eigenvalue weighted by atomic mass is 35.5. The highest BCUT2D eigenvalue weighted by Gasteiger charge is 2.57. The van der Waals surface area contributed by atoms with Crippen molar-refractivity contribution in [3.05, 3.63) is 86.0 Å². The van der Waals surface area contributed by atoms with Crippen molar-refractivity contribution in [3.63, 3.8) is 0 Å². The first-order chi connectivity index (χ1) is 18.1. The normalized spacial score (nSPS) is 13.4. The summed E-state index contributed by atoms with van der Waals surface area (Å²) in [6.07, 6.45) is -14.6. The van der Waals surface area contributed by atoms with Gasteiger partial charge in [-0.1, -0.05) is 65.7 Å². The second-order valence-corrected chi connectivity index (χ2v) is 9.37. The Morgan fingerprint density at radius 3 is 1.85 bits per heavy atom. The van der Waals surface area contributed by atoms with Gasteiger partial charge < -0.3 is 10.6 Å². The summed E-state index contributed by atoms with van der Waals surface area (Å²) in [4.78, 5) is 24.3. The minimum absolute atomic E-state index is 0.123. The van der Waals surface area contributed by atoms with Gasteiger partial charge in [0.1, 0.15) is 0 Å². The third-order valence-electron chi connectivity index (χ3n) is 5.16. The molecule has 2 N–H and O–H groups in total. The van der Waals surface area contributed by atoms with Crippen LogP contribution in [0.5, 0.6) is 0 Å². The van der Waals surface area contributed by atoms with E-state index >= 15 is 0 Å². The Morgan fingerprint density at radius 1 is 0.875 bits per heavy atom. The molecule has 0 aliphatic rings. The number of rotatable bonds is 7. The van der Waals surface area contributed by atoms with Gasteiger partial charge in [-0.2, -0.15) is 39.5 Å². The van der Waals surface area contributed by atoms with Gasteiger partial charge in [0.25, 0.3) is 11.8 Å². The molecule has 1 atom stereocenters. The number of amides is 2. The lowest BCUT2D eigenvalue weighted by molar-refractivity contribution is -0.257. The van der Waals surface area contributed by atoms with Crippen molar-refractivity contribution >= 4 is 52.7 Å². The summed E-state index contributed by atoms with van der Waals surface area (Å²) in [5.41, 5.74) is -1.29. The molecule has 0 radical (unpaired) electrons. The van der Waals surface area contributed by atoms with E-state index in [-0.39, 0.29) is 37.3 Å². The fourth-order valence-electron chi connectivity index (χ4n) is 3.25. The van der Waals surface area contributed by atoms with Crippen LogP contribution in [0.1, 0.15) is 33.0 Å². The fourth-order valence-corrected chi connectivity index (χ4v) is 3.86. The van der Waals surface area contributed by atoms with Crippen molar-refractivity contribution in [3.8, 4) is 0 Å². The summed E-state index contributed by atoms with van der Waals surface area (Å²) >= 11 is 17.5. The first-order valence-electron chi connectivity index (χ1n) is 10.6. The predicted octanol–water partition coefficient (Wildman–Crippen LogP) is 8.17. The topological polar surface area (TPSA) is 58.2 Å². The number of nitrogens with one attached hydrogen (secondary N) is 2. The zero-order chi connectivity index (χ0) is 30.8. The van der Waals surface area contributed by atoms with Crippen molar-refractivity contribution in [2.45, 2.75) is 37.4 Å². The molecule has 0 saturated heterocycles. The van der Waals surface area contributed by atoms with Crippen LogP contribution in [0.25, 0.3) is 6.08 Å². The molecule has 2 amide bonds. The molecule has 2 aromatic carbocycles. The van der Waals surface area contributed by atoms with Crippen LogP contribution in [-0.2, 0) is 4.79 Å². The van der Waals surface area contributed by atoms with E-state index in [4.69, 9.17) is 34.8 Å². The molecule has 0 fully saturated rings. The number of hydrogen-bond acceptors (Lipinski definition) is 2. The minimum Gasteiger partial charge on any atom is -0.332 e. The molecule has 0 aromatic heterocycles. The Balaban J connectivity index is 2.22. The van der Waals surface area contributed by atoms with Gasteiger partial charge in [-0.3, -0.25) is 9.59 Å². The summed E-state index contributed by atoms with van der Waals surface area (Å²) in [5.74, 6) is -5.21. The summed E-state index contributed by atoms with van der Waals surface area (Å²) in [5, 5.41) is 1.99. The quantitative estimate of drug-likeness (QED) is 0.182. The summed E-state index contributed by atoms with van der Waals surface area (Å²) in [6.45, 7) is 4.33. The average molecular weight is 642 g/mol. The lowest BCUT2D eigenvalue weighted by atomic mass is 9.96. The fraction of sp³-hybridized carbons (Fsp3) is 0.250. The van der Waals surface area contributed by atoms with Crippen molar-refractivity contribution in [2.75, 3.05) is 0 Å². The Morgan fingerprint density at radius 2 is 1.40 bits per heavy atom. The Kier molecular flexibility index (Phi) is 10.3. The molecule has 0 bridgehead atoms. The minimum atomic E-state index is -5.87. The maximum atomic E-state index is 13.7. The molecule has 0 spiro atoms. The third kappa shape index (κ3) is 8.55. The Bertz CT molecular complexity index is 1300. The van der Waals surface area contributed by atoms with E-state index in [2.05, 4.69) is 6.58 Å². The van der Waals surface area contributed by atoms with Gasteiger partial charge in [0.15, 0.2) is 0 Å². The molecule has 1 unspecified atom stereocenters. The van der Waals surface area contributed by atoms with E-state index in [1.807, 2.05) is 0 Å². The van der Waals surface area contributed by atoms with E-state index in [1.54, 1.807) is 5.32 Å². The molecule has 0 aliphatic carbocycles. The van der Waals surface area contributed by atoms with Crippen molar-refractivity contribution in [2.24, 2.45) is 0 Å². The number of benzene rings is 2. The van der Waals surface area contributed by atoms with Gasteiger partial charge in [0, 0.05) is 5.56 Å². The summed E-state index contributed by atoms with van der Waals surface area (Å²) < 4.78 is 117. The maximum Gasteiger partial charge on any atom is 0.417 e. The SMILES string of the molecule is C=C(NC(=O)c1ccc(C=CC(c2cc(Cl)c(Cl)c(Cl)c2)C(F)(F)F)cc1C)C(=O)NC(C(F)(F)F)C(F)(F)F. The number of aryl methyl sites for hydroxylation is 1. The summed E-state index contributed by atoms with van der Waals surface area (Å²) in [7, 11) is 0. The van der Waals surface area contributed by atoms with Crippen molar-refractivity contribution < 1.29 is 49.1 Å². The van der Waals surface area contributed by atoms with Crippen LogP contribution in [0, 0.1) is 6.92 Å². The smallest absolute Gasteiger partial charge is 0.332 e. The molecule has 0 heterocycles. The summed E-state index contributed by atoms with van der Waals surface area (Å²) in [6, 6.07) is 1.40. The van der Waals surface area contributed by atoms with E-state index in [1.165, 1.54) is 19.1 Å². The lowest BCUT2D eigenvalue weighted by Gasteiger charge is -2.24. The number of allylic oxidation sites excluding steroid dienone is 1. The second kappa shape index (κ2) is 12.3. The number of alkyl halides is 9. The molecular formula is C24H16Cl3F9N2O2. The molecule has 16 heteroatoms. The van der Waals surface area contributed by atoms with Gasteiger partial charge in [-0.15, -0.1) is 0 Å². The van der Waals surface area contributed by atoms with Gasteiger partial charge in [-0.25, -0.2) is 0 Å². The number of hydrogen-bond donors (Lipinski definition) is 2. The average Bonchev–Trinajstić information content (AvgIpc) is 2.78. The first kappa shape index (κ1) is 33.3. The Labute approximate surface area is 235 Å². The van der Waals surface area contributed by atoms with Crippen LogP contribution >= 0.6 is 34.8 Å². The largest absolute Gasteiger partial charge is 0.417 e. The van der Waals surface area contributed by atoms with Crippen molar-refractivity contribution in [1.29, 1.82) is 0 Å². The lowest BCUT2D eigenvalue weighted by Crippen LogP contribution is -2.55. The second-order valence-electron chi connectivity index (χ2n) is 8.17. The monoisotopic (exact) mass is 640 g/mol. The van der Waals surface area contributed by atoms with Gasteiger partial charge >= 0.3 is 18.5 Å². The van der Waals surface area contributed by atoms with E-state index in [9.17, 15) is 49.1 Å². The number of carbonyl (C=O) groups is 2. The molecule has 4 nitrogen and oxygen atoms in total. The van der Waals surface area contributed by atoms with Crippen LogP contribution in [0.4, 0.5) is 39.5 Å².